The lowest BCUT2D eigenvalue weighted by Gasteiger charge is -2.12. The lowest BCUT2D eigenvalue weighted by Crippen LogP contribution is -1.93. The first-order chi connectivity index (χ1) is 14.1. The quantitative estimate of drug-likeness (QED) is 0.534. The number of hydrogen-bond donors (Lipinski definition) is 1. The molecule has 146 valence electrons. The van der Waals surface area contributed by atoms with Crippen molar-refractivity contribution in [1.82, 2.24) is 9.97 Å². The minimum atomic E-state index is 0.103. The topological polar surface area (TPSA) is 73.7 Å². The average molecular weight is 388 g/mol. The molecule has 0 fully saturated rings. The Morgan fingerprint density at radius 3 is 2.07 bits per heavy atom. The lowest BCUT2D eigenvalue weighted by molar-refractivity contribution is 0.355. The molecule has 1 heterocycles. The van der Waals surface area contributed by atoms with Gasteiger partial charge in [0.05, 0.1) is 32.5 Å². The summed E-state index contributed by atoms with van der Waals surface area (Å²) in [4.78, 5) is 8.91. The minimum absolute atomic E-state index is 0.103. The zero-order valence-corrected chi connectivity index (χ0v) is 16.3. The molecular weight excluding hydrogens is 368 g/mol. The van der Waals surface area contributed by atoms with E-state index in [1.165, 1.54) is 7.11 Å². The van der Waals surface area contributed by atoms with Gasteiger partial charge in [-0.15, -0.1) is 0 Å². The van der Waals surface area contributed by atoms with Crippen molar-refractivity contribution in [3.8, 4) is 45.4 Å². The van der Waals surface area contributed by atoms with Gasteiger partial charge in [0, 0.05) is 10.9 Å². The molecule has 0 saturated carbocycles. The van der Waals surface area contributed by atoms with Crippen molar-refractivity contribution in [3.63, 3.8) is 0 Å². The van der Waals surface area contributed by atoms with Crippen LogP contribution in [0.5, 0.6) is 23.0 Å². The number of fused-ring (bicyclic) bond motifs is 1. The summed E-state index contributed by atoms with van der Waals surface area (Å²) in [5.41, 5.74) is 4.41. The van der Waals surface area contributed by atoms with Crippen LogP contribution in [-0.2, 0) is 0 Å². The van der Waals surface area contributed by atoms with Gasteiger partial charge in [-0.05, 0) is 53.6 Å². The van der Waals surface area contributed by atoms with Crippen LogP contribution in [0.15, 0.2) is 60.9 Å². The summed E-state index contributed by atoms with van der Waals surface area (Å²) in [6.45, 7) is 0. The molecule has 6 heteroatoms. The number of aromatic hydroxyl groups is 1. The highest BCUT2D eigenvalue weighted by Crippen LogP contribution is 2.36. The Balaban J connectivity index is 1.88. The molecule has 0 bridgehead atoms. The van der Waals surface area contributed by atoms with Gasteiger partial charge >= 0.3 is 0 Å². The van der Waals surface area contributed by atoms with E-state index >= 15 is 0 Å². The summed E-state index contributed by atoms with van der Waals surface area (Å²) in [6, 6.07) is 16.9. The number of aromatic nitrogens is 2. The summed E-state index contributed by atoms with van der Waals surface area (Å²) in [7, 11) is 4.74. The Labute approximate surface area is 168 Å². The second-order valence-corrected chi connectivity index (χ2v) is 6.41. The van der Waals surface area contributed by atoms with E-state index in [1.54, 1.807) is 32.7 Å². The fraction of sp³-hybridized carbons (Fsp3) is 0.130. The number of rotatable bonds is 5. The van der Waals surface area contributed by atoms with Gasteiger partial charge < -0.3 is 19.3 Å². The first-order valence-corrected chi connectivity index (χ1v) is 8.99. The Bertz CT molecular complexity index is 1190. The highest BCUT2D eigenvalue weighted by molar-refractivity contribution is 5.95. The Morgan fingerprint density at radius 1 is 0.655 bits per heavy atom. The maximum Gasteiger partial charge on any atom is 0.161 e. The molecule has 4 rings (SSSR count). The first-order valence-electron chi connectivity index (χ1n) is 8.99. The van der Waals surface area contributed by atoms with E-state index in [0.717, 1.165) is 33.3 Å². The van der Waals surface area contributed by atoms with E-state index in [1.807, 2.05) is 42.5 Å². The van der Waals surface area contributed by atoms with Crippen molar-refractivity contribution in [1.29, 1.82) is 0 Å². The number of ether oxygens (including phenoxy) is 3. The molecule has 0 aliphatic rings. The Kier molecular flexibility index (Phi) is 4.91. The second-order valence-electron chi connectivity index (χ2n) is 6.41. The van der Waals surface area contributed by atoms with Crippen molar-refractivity contribution in [2.24, 2.45) is 0 Å². The Hall–Kier alpha value is -3.80. The molecule has 0 saturated heterocycles. The van der Waals surface area contributed by atoms with Gasteiger partial charge in [-0.1, -0.05) is 12.1 Å². The molecule has 0 spiro atoms. The molecule has 0 aliphatic carbocycles. The number of benzene rings is 3. The summed E-state index contributed by atoms with van der Waals surface area (Å²) in [6.07, 6.45) is 1.55. The smallest absolute Gasteiger partial charge is 0.161 e. The van der Waals surface area contributed by atoms with Crippen LogP contribution in [0.25, 0.3) is 33.3 Å². The van der Waals surface area contributed by atoms with Crippen LogP contribution in [0.3, 0.4) is 0 Å². The molecule has 0 amide bonds. The molecule has 4 aromatic rings. The largest absolute Gasteiger partial charge is 0.504 e. The highest BCUT2D eigenvalue weighted by Gasteiger charge is 2.12. The van der Waals surface area contributed by atoms with Crippen LogP contribution in [0.1, 0.15) is 0 Å². The maximum absolute atomic E-state index is 9.87. The molecular formula is C23H20N2O4. The third-order valence-corrected chi connectivity index (χ3v) is 4.81. The number of methoxy groups -OCH3 is 3. The number of hydrogen-bond acceptors (Lipinski definition) is 6. The van der Waals surface area contributed by atoms with Crippen molar-refractivity contribution in [3.05, 3.63) is 60.9 Å². The van der Waals surface area contributed by atoms with Crippen LogP contribution < -0.4 is 14.2 Å². The molecule has 6 nitrogen and oxygen atoms in total. The first kappa shape index (κ1) is 18.6. The van der Waals surface area contributed by atoms with Crippen molar-refractivity contribution >= 4 is 10.9 Å². The monoisotopic (exact) mass is 388 g/mol. The zero-order chi connectivity index (χ0) is 20.4. The molecule has 0 atom stereocenters. The van der Waals surface area contributed by atoms with Gasteiger partial charge in [-0.25, -0.2) is 9.97 Å². The summed E-state index contributed by atoms with van der Waals surface area (Å²) in [5.74, 6) is 1.82. The van der Waals surface area contributed by atoms with E-state index < -0.39 is 0 Å². The van der Waals surface area contributed by atoms with Gasteiger partial charge in [0.25, 0.3) is 0 Å². The number of nitrogens with zero attached hydrogens (tertiary/aromatic N) is 2. The second kappa shape index (κ2) is 7.67. The molecule has 29 heavy (non-hydrogen) atoms. The summed E-state index contributed by atoms with van der Waals surface area (Å²) >= 11 is 0. The lowest BCUT2D eigenvalue weighted by atomic mass is 10.00. The summed E-state index contributed by atoms with van der Waals surface area (Å²) < 4.78 is 16.0. The van der Waals surface area contributed by atoms with Crippen LogP contribution >= 0.6 is 0 Å². The average Bonchev–Trinajstić information content (AvgIpc) is 2.78. The third-order valence-electron chi connectivity index (χ3n) is 4.81. The molecule has 1 N–H and O–H groups in total. The fourth-order valence-electron chi connectivity index (χ4n) is 3.31. The number of phenols is 1. The van der Waals surface area contributed by atoms with Crippen LogP contribution in [0.2, 0.25) is 0 Å². The standard InChI is InChI=1S/C23H20N2O4/c1-27-20-9-6-16(12-22(20)29-3)23-17-10-14(4-7-18(17)24-13-25-23)15-5-8-19(26)21(11-15)28-2/h4-13,26H,1-3H3. The predicted molar refractivity (Wildman–Crippen MR) is 112 cm³/mol. The fourth-order valence-corrected chi connectivity index (χ4v) is 3.31. The van der Waals surface area contributed by atoms with E-state index in [2.05, 4.69) is 9.97 Å². The van der Waals surface area contributed by atoms with Crippen molar-refractivity contribution in [2.75, 3.05) is 21.3 Å². The normalized spacial score (nSPS) is 10.7. The Morgan fingerprint density at radius 2 is 1.31 bits per heavy atom. The third kappa shape index (κ3) is 3.40. The van der Waals surface area contributed by atoms with Gasteiger partial charge in [0.15, 0.2) is 23.0 Å². The zero-order valence-electron chi connectivity index (χ0n) is 16.3. The highest BCUT2D eigenvalue weighted by atomic mass is 16.5. The molecule has 0 aliphatic heterocycles. The number of phenolic OH excluding ortho intramolecular Hbond substituents is 1. The van der Waals surface area contributed by atoms with E-state index in [-0.39, 0.29) is 5.75 Å². The molecule has 0 radical (unpaired) electrons. The van der Waals surface area contributed by atoms with E-state index in [4.69, 9.17) is 14.2 Å². The van der Waals surface area contributed by atoms with E-state index in [0.29, 0.717) is 17.2 Å². The predicted octanol–water partition coefficient (Wildman–Crippen LogP) is 4.70. The molecule has 3 aromatic carbocycles. The van der Waals surface area contributed by atoms with Crippen LogP contribution in [0.4, 0.5) is 0 Å². The summed E-state index contributed by atoms with van der Waals surface area (Å²) in [5, 5.41) is 10.8. The SMILES string of the molecule is COc1cc(-c2ccc3ncnc(-c4ccc(OC)c(OC)c4)c3c2)ccc1O. The maximum atomic E-state index is 9.87. The van der Waals surface area contributed by atoms with Gasteiger partial charge in [0.1, 0.15) is 6.33 Å². The van der Waals surface area contributed by atoms with Crippen molar-refractivity contribution < 1.29 is 19.3 Å². The van der Waals surface area contributed by atoms with Crippen LogP contribution in [0, 0.1) is 0 Å². The van der Waals surface area contributed by atoms with Gasteiger partial charge in [0.2, 0.25) is 0 Å². The van der Waals surface area contributed by atoms with E-state index in [9.17, 15) is 5.11 Å². The minimum Gasteiger partial charge on any atom is -0.504 e. The van der Waals surface area contributed by atoms with Gasteiger partial charge in [-0.3, -0.25) is 0 Å². The molecule has 0 unspecified atom stereocenters. The van der Waals surface area contributed by atoms with Gasteiger partial charge in [-0.2, -0.15) is 0 Å². The van der Waals surface area contributed by atoms with Crippen LogP contribution in [-0.4, -0.2) is 36.4 Å². The molecule has 1 aromatic heterocycles. The van der Waals surface area contributed by atoms with Crippen molar-refractivity contribution in [2.45, 2.75) is 0 Å².